The molecule has 0 aliphatic carbocycles. The second-order valence-corrected chi connectivity index (χ2v) is 9.06. The van der Waals surface area contributed by atoms with E-state index >= 15 is 0 Å². The van der Waals surface area contributed by atoms with Crippen LogP contribution in [0.4, 0.5) is 5.69 Å². The number of thiazole rings is 1. The van der Waals surface area contributed by atoms with Gasteiger partial charge in [-0.25, -0.2) is 4.98 Å². The van der Waals surface area contributed by atoms with E-state index in [-0.39, 0.29) is 5.91 Å². The van der Waals surface area contributed by atoms with Crippen molar-refractivity contribution >= 4 is 22.9 Å². The molecule has 5 nitrogen and oxygen atoms in total. The number of para-hydroxylation sites is 1. The van der Waals surface area contributed by atoms with Crippen LogP contribution in [0.15, 0.2) is 60.0 Å². The van der Waals surface area contributed by atoms with Crippen LogP contribution in [0.1, 0.15) is 18.2 Å². The van der Waals surface area contributed by atoms with Gasteiger partial charge in [-0.15, -0.1) is 11.3 Å². The number of anilines is 1. The van der Waals surface area contributed by atoms with Gasteiger partial charge in [0.2, 0.25) is 5.91 Å². The Morgan fingerprint density at radius 3 is 2.48 bits per heavy atom. The lowest BCUT2D eigenvalue weighted by molar-refractivity contribution is -0.120. The number of nitrogens with zero attached hydrogens (tertiary/aromatic N) is 3. The van der Waals surface area contributed by atoms with Crippen LogP contribution in [-0.2, 0) is 11.2 Å². The Morgan fingerprint density at radius 2 is 1.77 bits per heavy atom. The van der Waals surface area contributed by atoms with Crippen LogP contribution in [0.25, 0.3) is 10.6 Å². The fourth-order valence-corrected chi connectivity index (χ4v) is 4.72. The summed E-state index contributed by atoms with van der Waals surface area (Å²) in [5, 5.41) is 6.05. The molecule has 1 saturated heterocycles. The lowest BCUT2D eigenvalue weighted by Crippen LogP contribution is -2.52. The molecule has 1 aliphatic rings. The third-order valence-electron chi connectivity index (χ3n) is 5.85. The Kier molecular flexibility index (Phi) is 6.99. The molecule has 1 unspecified atom stereocenters. The van der Waals surface area contributed by atoms with Crippen molar-refractivity contribution in [2.45, 2.75) is 26.3 Å². The van der Waals surface area contributed by atoms with E-state index in [1.54, 1.807) is 11.3 Å². The Labute approximate surface area is 188 Å². The van der Waals surface area contributed by atoms with Crippen molar-refractivity contribution in [3.05, 3.63) is 71.2 Å². The van der Waals surface area contributed by atoms with Gasteiger partial charge in [-0.3, -0.25) is 9.69 Å². The fourth-order valence-electron chi connectivity index (χ4n) is 3.89. The molecule has 1 amide bonds. The molecule has 1 atom stereocenters. The topological polar surface area (TPSA) is 48.5 Å². The van der Waals surface area contributed by atoms with Crippen molar-refractivity contribution in [3.63, 3.8) is 0 Å². The molecule has 4 rings (SSSR count). The van der Waals surface area contributed by atoms with Crippen LogP contribution in [0.3, 0.4) is 0 Å². The average Bonchev–Trinajstić information content (AvgIpc) is 3.27. The summed E-state index contributed by atoms with van der Waals surface area (Å²) < 4.78 is 0. The van der Waals surface area contributed by atoms with E-state index in [2.05, 4.69) is 88.5 Å². The molecule has 162 valence electrons. The van der Waals surface area contributed by atoms with Crippen LogP contribution in [-0.4, -0.2) is 54.6 Å². The molecule has 1 N–H and O–H groups in total. The number of rotatable bonds is 7. The maximum atomic E-state index is 12.5. The maximum Gasteiger partial charge on any atom is 0.226 e. The standard InChI is InChI=1S/C25H30N4OS/c1-19-8-10-21(11-9-19)25-27-22(18-31-25)16-24(30)26-17-20(2)28-12-14-29(15-13-28)23-6-4-3-5-7-23/h3-11,18,20H,12-17H2,1-2H3,(H,26,30). The van der Waals surface area contributed by atoms with Gasteiger partial charge in [0.05, 0.1) is 12.1 Å². The van der Waals surface area contributed by atoms with Crippen LogP contribution >= 0.6 is 11.3 Å². The number of aromatic nitrogens is 1. The number of hydrogen-bond donors (Lipinski definition) is 1. The lowest BCUT2D eigenvalue weighted by atomic mass is 10.2. The van der Waals surface area contributed by atoms with Gasteiger partial charge in [0.15, 0.2) is 0 Å². The molecule has 0 radical (unpaired) electrons. The van der Waals surface area contributed by atoms with Crippen LogP contribution in [0, 0.1) is 6.92 Å². The van der Waals surface area contributed by atoms with Crippen molar-refractivity contribution in [2.24, 2.45) is 0 Å². The van der Waals surface area contributed by atoms with E-state index in [1.807, 2.05) is 5.38 Å². The Balaban J connectivity index is 1.22. The van der Waals surface area contributed by atoms with Crippen molar-refractivity contribution < 1.29 is 4.79 Å². The van der Waals surface area contributed by atoms with E-state index in [0.29, 0.717) is 19.0 Å². The third-order valence-corrected chi connectivity index (χ3v) is 6.79. The molecule has 6 heteroatoms. The molecule has 0 spiro atoms. The van der Waals surface area contributed by atoms with Gasteiger partial charge in [-0.2, -0.15) is 0 Å². The van der Waals surface area contributed by atoms with Gasteiger partial charge in [0.25, 0.3) is 0 Å². The van der Waals surface area contributed by atoms with E-state index in [9.17, 15) is 4.79 Å². The molecule has 1 aromatic heterocycles. The quantitative estimate of drug-likeness (QED) is 0.611. The summed E-state index contributed by atoms with van der Waals surface area (Å²) in [5.74, 6) is 0.0375. The first-order chi connectivity index (χ1) is 15.1. The second kappa shape index (κ2) is 10.1. The number of benzene rings is 2. The number of nitrogens with one attached hydrogen (secondary N) is 1. The van der Waals surface area contributed by atoms with Crippen LogP contribution < -0.4 is 10.2 Å². The minimum atomic E-state index is 0.0375. The third kappa shape index (κ3) is 5.71. The summed E-state index contributed by atoms with van der Waals surface area (Å²) >= 11 is 1.59. The summed E-state index contributed by atoms with van der Waals surface area (Å²) in [6, 6.07) is 19.2. The highest BCUT2D eigenvalue weighted by atomic mass is 32.1. The van der Waals surface area contributed by atoms with Gasteiger partial charge >= 0.3 is 0 Å². The number of aryl methyl sites for hydroxylation is 1. The SMILES string of the molecule is Cc1ccc(-c2nc(CC(=O)NCC(C)N3CCN(c4ccccc4)CC3)cs2)cc1. The minimum Gasteiger partial charge on any atom is -0.369 e. The highest BCUT2D eigenvalue weighted by molar-refractivity contribution is 7.13. The number of carbonyl (C=O) groups is 1. The number of amides is 1. The molecule has 2 aromatic carbocycles. The highest BCUT2D eigenvalue weighted by Gasteiger charge is 2.21. The number of carbonyl (C=O) groups excluding carboxylic acids is 1. The van der Waals surface area contributed by atoms with Gasteiger partial charge in [-0.1, -0.05) is 48.0 Å². The van der Waals surface area contributed by atoms with Gasteiger partial charge in [-0.05, 0) is 26.0 Å². The smallest absolute Gasteiger partial charge is 0.226 e. The Hall–Kier alpha value is -2.70. The van der Waals surface area contributed by atoms with Gasteiger partial charge < -0.3 is 10.2 Å². The maximum absolute atomic E-state index is 12.5. The predicted octanol–water partition coefficient (Wildman–Crippen LogP) is 3.99. The van der Waals surface area contributed by atoms with Crippen LogP contribution in [0.2, 0.25) is 0 Å². The summed E-state index contributed by atoms with van der Waals surface area (Å²) in [6.07, 6.45) is 0.330. The minimum absolute atomic E-state index is 0.0375. The molecule has 31 heavy (non-hydrogen) atoms. The molecule has 0 saturated carbocycles. The highest BCUT2D eigenvalue weighted by Crippen LogP contribution is 2.24. The first-order valence-corrected chi connectivity index (χ1v) is 11.8. The van der Waals surface area contributed by atoms with Crippen molar-refractivity contribution in [3.8, 4) is 10.6 Å². The van der Waals surface area contributed by atoms with Crippen molar-refractivity contribution in [1.29, 1.82) is 0 Å². The molecule has 3 aromatic rings. The second-order valence-electron chi connectivity index (χ2n) is 8.20. The molecule has 1 fully saturated rings. The van der Waals surface area contributed by atoms with Crippen LogP contribution in [0.5, 0.6) is 0 Å². The van der Waals surface area contributed by atoms with Gasteiger partial charge in [0.1, 0.15) is 5.01 Å². The first-order valence-electron chi connectivity index (χ1n) is 10.9. The molecular formula is C25H30N4OS. The Morgan fingerprint density at radius 1 is 1.06 bits per heavy atom. The van der Waals surface area contributed by atoms with Crippen molar-refractivity contribution in [1.82, 2.24) is 15.2 Å². The Bertz CT molecular complexity index is 978. The lowest BCUT2D eigenvalue weighted by Gasteiger charge is -2.39. The molecular weight excluding hydrogens is 404 g/mol. The number of hydrogen-bond acceptors (Lipinski definition) is 5. The molecule has 2 heterocycles. The summed E-state index contributed by atoms with van der Waals surface area (Å²) in [4.78, 5) is 22.0. The average molecular weight is 435 g/mol. The first kappa shape index (κ1) is 21.5. The molecule has 1 aliphatic heterocycles. The largest absolute Gasteiger partial charge is 0.369 e. The fraction of sp³-hybridized carbons (Fsp3) is 0.360. The van der Waals surface area contributed by atoms with Gasteiger partial charge in [0, 0.05) is 55.4 Å². The zero-order chi connectivity index (χ0) is 21.6. The summed E-state index contributed by atoms with van der Waals surface area (Å²) in [5.41, 5.74) is 4.46. The summed E-state index contributed by atoms with van der Waals surface area (Å²) in [6.45, 7) is 8.99. The number of piperazine rings is 1. The predicted molar refractivity (Wildman–Crippen MR) is 129 cm³/mol. The molecule has 0 bridgehead atoms. The normalized spacial score (nSPS) is 15.6. The van der Waals surface area contributed by atoms with E-state index in [0.717, 1.165) is 42.4 Å². The van der Waals surface area contributed by atoms with E-state index in [1.165, 1.54) is 11.3 Å². The zero-order valence-electron chi connectivity index (χ0n) is 18.3. The monoisotopic (exact) mass is 434 g/mol. The van der Waals surface area contributed by atoms with E-state index < -0.39 is 0 Å². The summed E-state index contributed by atoms with van der Waals surface area (Å²) in [7, 11) is 0. The zero-order valence-corrected chi connectivity index (χ0v) is 19.1. The van der Waals surface area contributed by atoms with E-state index in [4.69, 9.17) is 0 Å². The van der Waals surface area contributed by atoms with Crippen molar-refractivity contribution in [2.75, 3.05) is 37.6 Å².